The number of amides is 3. The van der Waals surface area contributed by atoms with E-state index < -0.39 is 0 Å². The second-order valence-corrected chi connectivity index (χ2v) is 4.41. The van der Waals surface area contributed by atoms with Gasteiger partial charge in [0.2, 0.25) is 5.91 Å². The number of nitrogens with one attached hydrogen (secondary N) is 2. The van der Waals surface area contributed by atoms with E-state index in [4.69, 9.17) is 0 Å². The molecule has 1 aromatic rings. The highest BCUT2D eigenvalue weighted by atomic mass is 16.2. The van der Waals surface area contributed by atoms with E-state index in [9.17, 15) is 9.59 Å². The Labute approximate surface area is 112 Å². The number of hydrogen-bond donors (Lipinski definition) is 2. The molecule has 1 atom stereocenters. The number of hydrogen-bond acceptors (Lipinski definition) is 2. The van der Waals surface area contributed by atoms with E-state index in [0.29, 0.717) is 13.1 Å². The monoisotopic (exact) mass is 259 g/mol. The first-order valence-electron chi connectivity index (χ1n) is 6.20. The molecule has 0 spiro atoms. The first-order valence-corrected chi connectivity index (χ1v) is 6.20. The lowest BCUT2D eigenvalue weighted by molar-refractivity contribution is -0.117. The van der Waals surface area contributed by atoms with Crippen LogP contribution in [0.3, 0.4) is 0 Å². The SMILES string of the molecule is C=CC(=O)NC(C)c1ccc(N2CCNC2=O)cc1. The number of carbonyl (C=O) groups excluding carboxylic acids is 2. The number of nitrogens with zero attached hydrogens (tertiary/aromatic N) is 1. The minimum absolute atomic E-state index is 0.0687. The van der Waals surface area contributed by atoms with E-state index in [1.54, 1.807) is 4.90 Å². The molecule has 0 radical (unpaired) electrons. The Kier molecular flexibility index (Phi) is 3.85. The Balaban J connectivity index is 2.07. The van der Waals surface area contributed by atoms with Crippen LogP contribution in [-0.2, 0) is 4.79 Å². The van der Waals surface area contributed by atoms with Crippen molar-refractivity contribution in [3.63, 3.8) is 0 Å². The second kappa shape index (κ2) is 5.56. The molecule has 1 saturated heterocycles. The molecule has 2 N–H and O–H groups in total. The lowest BCUT2D eigenvalue weighted by Crippen LogP contribution is -2.28. The van der Waals surface area contributed by atoms with Gasteiger partial charge in [-0.15, -0.1) is 0 Å². The van der Waals surface area contributed by atoms with Crippen LogP contribution in [0.1, 0.15) is 18.5 Å². The molecular weight excluding hydrogens is 242 g/mol. The summed E-state index contributed by atoms with van der Waals surface area (Å²) >= 11 is 0. The van der Waals surface area contributed by atoms with Crippen molar-refractivity contribution in [1.29, 1.82) is 0 Å². The number of rotatable bonds is 4. The fraction of sp³-hybridized carbons (Fsp3) is 0.286. The van der Waals surface area contributed by atoms with Crippen LogP contribution in [0.2, 0.25) is 0 Å². The van der Waals surface area contributed by atoms with Crippen molar-refractivity contribution in [3.05, 3.63) is 42.5 Å². The second-order valence-electron chi connectivity index (χ2n) is 4.41. The summed E-state index contributed by atoms with van der Waals surface area (Å²) in [7, 11) is 0. The molecule has 2 rings (SSSR count). The Morgan fingerprint density at radius 3 is 2.68 bits per heavy atom. The molecular formula is C14H17N3O2. The summed E-state index contributed by atoms with van der Waals surface area (Å²) in [6.45, 7) is 6.68. The third kappa shape index (κ3) is 2.93. The zero-order chi connectivity index (χ0) is 13.8. The smallest absolute Gasteiger partial charge is 0.321 e. The van der Waals surface area contributed by atoms with Crippen molar-refractivity contribution < 1.29 is 9.59 Å². The molecule has 1 unspecified atom stereocenters. The summed E-state index contributed by atoms with van der Waals surface area (Å²) in [4.78, 5) is 24.4. The quantitative estimate of drug-likeness (QED) is 0.806. The van der Waals surface area contributed by atoms with Crippen LogP contribution in [-0.4, -0.2) is 25.0 Å². The summed E-state index contributed by atoms with van der Waals surface area (Å²) in [6, 6.07) is 7.44. The molecule has 1 aliphatic heterocycles. The average Bonchev–Trinajstić information content (AvgIpc) is 2.85. The highest BCUT2D eigenvalue weighted by Crippen LogP contribution is 2.20. The highest BCUT2D eigenvalue weighted by Gasteiger charge is 2.21. The van der Waals surface area contributed by atoms with Gasteiger partial charge in [0.05, 0.1) is 6.04 Å². The number of carbonyl (C=O) groups is 2. The van der Waals surface area contributed by atoms with E-state index in [1.165, 1.54) is 6.08 Å². The summed E-state index contributed by atoms with van der Waals surface area (Å²) in [5, 5.41) is 5.55. The van der Waals surface area contributed by atoms with Gasteiger partial charge in [0.1, 0.15) is 0 Å². The number of benzene rings is 1. The normalized spacial score (nSPS) is 15.8. The Morgan fingerprint density at radius 1 is 1.47 bits per heavy atom. The molecule has 1 heterocycles. The molecule has 5 nitrogen and oxygen atoms in total. The topological polar surface area (TPSA) is 61.4 Å². The predicted octanol–water partition coefficient (Wildman–Crippen LogP) is 1.58. The fourth-order valence-corrected chi connectivity index (χ4v) is 2.02. The van der Waals surface area contributed by atoms with E-state index in [2.05, 4.69) is 17.2 Å². The van der Waals surface area contributed by atoms with Crippen molar-refractivity contribution in [2.24, 2.45) is 0 Å². The summed E-state index contributed by atoms with van der Waals surface area (Å²) in [5.41, 5.74) is 1.85. The molecule has 1 fully saturated rings. The van der Waals surface area contributed by atoms with Gasteiger partial charge in [0.25, 0.3) is 0 Å². The van der Waals surface area contributed by atoms with Gasteiger partial charge in [0.15, 0.2) is 0 Å². The third-order valence-electron chi connectivity index (χ3n) is 3.11. The molecule has 0 bridgehead atoms. The summed E-state index contributed by atoms with van der Waals surface area (Å²) < 4.78 is 0. The van der Waals surface area contributed by atoms with Crippen LogP contribution in [0.15, 0.2) is 36.9 Å². The van der Waals surface area contributed by atoms with Crippen molar-refractivity contribution >= 4 is 17.6 Å². The van der Waals surface area contributed by atoms with Crippen LogP contribution in [0.25, 0.3) is 0 Å². The Hall–Kier alpha value is -2.30. The molecule has 0 aliphatic carbocycles. The molecule has 19 heavy (non-hydrogen) atoms. The van der Waals surface area contributed by atoms with Gasteiger partial charge in [0, 0.05) is 18.8 Å². The molecule has 3 amide bonds. The predicted molar refractivity (Wildman–Crippen MR) is 73.9 cm³/mol. The zero-order valence-corrected chi connectivity index (χ0v) is 10.8. The van der Waals surface area contributed by atoms with E-state index in [-0.39, 0.29) is 18.0 Å². The molecule has 1 aliphatic rings. The summed E-state index contributed by atoms with van der Waals surface area (Å²) in [6.07, 6.45) is 1.25. The first-order chi connectivity index (χ1) is 9.11. The van der Waals surface area contributed by atoms with Crippen LogP contribution >= 0.6 is 0 Å². The average molecular weight is 259 g/mol. The van der Waals surface area contributed by atoms with Crippen molar-refractivity contribution in [2.45, 2.75) is 13.0 Å². The standard InChI is InChI=1S/C14H17N3O2/c1-3-13(18)16-10(2)11-4-6-12(7-5-11)17-9-8-15-14(17)19/h3-7,10H,1,8-9H2,2H3,(H,15,19)(H,16,18). The highest BCUT2D eigenvalue weighted by molar-refractivity contribution is 5.94. The van der Waals surface area contributed by atoms with Crippen LogP contribution < -0.4 is 15.5 Å². The maximum Gasteiger partial charge on any atom is 0.321 e. The van der Waals surface area contributed by atoms with Gasteiger partial charge in [-0.2, -0.15) is 0 Å². The minimum atomic E-state index is -0.199. The van der Waals surface area contributed by atoms with Gasteiger partial charge >= 0.3 is 6.03 Å². The lowest BCUT2D eigenvalue weighted by Gasteiger charge is -2.17. The maximum atomic E-state index is 11.5. The molecule has 0 saturated carbocycles. The molecule has 100 valence electrons. The van der Waals surface area contributed by atoms with E-state index in [1.807, 2.05) is 31.2 Å². The van der Waals surface area contributed by atoms with Gasteiger partial charge in [-0.1, -0.05) is 18.7 Å². The third-order valence-corrected chi connectivity index (χ3v) is 3.11. The van der Waals surface area contributed by atoms with Crippen molar-refractivity contribution in [1.82, 2.24) is 10.6 Å². The van der Waals surface area contributed by atoms with Gasteiger partial charge < -0.3 is 10.6 Å². The van der Waals surface area contributed by atoms with Crippen molar-refractivity contribution in [2.75, 3.05) is 18.0 Å². The maximum absolute atomic E-state index is 11.5. The fourth-order valence-electron chi connectivity index (χ4n) is 2.02. The molecule has 0 aromatic heterocycles. The van der Waals surface area contributed by atoms with Gasteiger partial charge in [-0.25, -0.2) is 4.79 Å². The Bertz CT molecular complexity index is 496. The number of urea groups is 1. The lowest BCUT2D eigenvalue weighted by atomic mass is 10.1. The minimum Gasteiger partial charge on any atom is -0.346 e. The number of anilines is 1. The van der Waals surface area contributed by atoms with Gasteiger partial charge in [-0.05, 0) is 30.7 Å². The van der Waals surface area contributed by atoms with Crippen molar-refractivity contribution in [3.8, 4) is 0 Å². The largest absolute Gasteiger partial charge is 0.346 e. The van der Waals surface area contributed by atoms with Crippen LogP contribution in [0.5, 0.6) is 0 Å². The summed E-state index contributed by atoms with van der Waals surface area (Å²) in [5.74, 6) is -0.199. The van der Waals surface area contributed by atoms with Gasteiger partial charge in [-0.3, -0.25) is 9.69 Å². The van der Waals surface area contributed by atoms with E-state index >= 15 is 0 Å². The Morgan fingerprint density at radius 2 is 2.16 bits per heavy atom. The first kappa shape index (κ1) is 13.1. The van der Waals surface area contributed by atoms with Crippen LogP contribution in [0.4, 0.5) is 10.5 Å². The zero-order valence-electron chi connectivity index (χ0n) is 10.8. The van der Waals surface area contributed by atoms with Crippen LogP contribution in [0, 0.1) is 0 Å². The molecule has 1 aromatic carbocycles. The van der Waals surface area contributed by atoms with E-state index in [0.717, 1.165) is 11.3 Å². The molecule has 5 heteroatoms.